The molecule has 31 heavy (non-hydrogen) atoms. The van der Waals surface area contributed by atoms with Gasteiger partial charge in [0.05, 0.1) is 17.6 Å². The third kappa shape index (κ3) is 5.36. The molecule has 0 aliphatic heterocycles. The van der Waals surface area contributed by atoms with E-state index in [1.54, 1.807) is 6.07 Å². The van der Waals surface area contributed by atoms with Gasteiger partial charge in [0, 0.05) is 5.39 Å². The number of hydrogen-bond acceptors (Lipinski definition) is 4. The molecule has 5 nitrogen and oxygen atoms in total. The molecule has 0 spiro atoms. The number of ether oxygens (including phenoxy) is 2. The van der Waals surface area contributed by atoms with E-state index in [-0.39, 0.29) is 18.8 Å². The van der Waals surface area contributed by atoms with Gasteiger partial charge in [-0.3, -0.25) is 4.79 Å². The molecule has 0 fully saturated rings. The van der Waals surface area contributed by atoms with Crippen LogP contribution in [0.15, 0.2) is 78.9 Å². The number of rotatable bonds is 8. The van der Waals surface area contributed by atoms with Crippen LogP contribution in [0.2, 0.25) is 0 Å². The second-order valence-electron chi connectivity index (χ2n) is 7.05. The summed E-state index contributed by atoms with van der Waals surface area (Å²) in [6.07, 6.45) is -0.229. The Labute approximate surface area is 178 Å². The summed E-state index contributed by atoms with van der Waals surface area (Å²) < 4.78 is 25.4. The Morgan fingerprint density at radius 3 is 2.42 bits per heavy atom. The van der Waals surface area contributed by atoms with E-state index in [1.807, 2.05) is 60.7 Å². The largest absolute Gasteiger partial charge is 0.487 e. The molecule has 6 heteroatoms. The van der Waals surface area contributed by atoms with Crippen molar-refractivity contribution in [3.63, 3.8) is 0 Å². The molecular formula is C25H20FNO4. The lowest BCUT2D eigenvalue weighted by molar-refractivity contribution is -0.136. The summed E-state index contributed by atoms with van der Waals surface area (Å²) in [4.78, 5) is 15.3. The smallest absolute Gasteiger partial charge is 0.307 e. The van der Waals surface area contributed by atoms with Crippen molar-refractivity contribution in [2.75, 3.05) is 0 Å². The zero-order valence-corrected chi connectivity index (χ0v) is 16.6. The van der Waals surface area contributed by atoms with Crippen LogP contribution >= 0.6 is 0 Å². The Kier molecular flexibility index (Phi) is 6.08. The van der Waals surface area contributed by atoms with Crippen molar-refractivity contribution in [2.24, 2.45) is 0 Å². The summed E-state index contributed by atoms with van der Waals surface area (Å²) in [6, 6.07) is 23.4. The fourth-order valence-corrected chi connectivity index (χ4v) is 3.13. The highest BCUT2D eigenvalue weighted by molar-refractivity contribution is 5.78. The van der Waals surface area contributed by atoms with E-state index in [9.17, 15) is 9.18 Å². The predicted octanol–water partition coefficient (Wildman–Crippen LogP) is 5.16. The van der Waals surface area contributed by atoms with E-state index in [4.69, 9.17) is 14.6 Å². The number of carboxylic acids is 1. The highest BCUT2D eigenvalue weighted by Crippen LogP contribution is 2.21. The van der Waals surface area contributed by atoms with E-state index in [2.05, 4.69) is 4.98 Å². The van der Waals surface area contributed by atoms with Gasteiger partial charge in [-0.25, -0.2) is 9.37 Å². The van der Waals surface area contributed by atoms with Gasteiger partial charge in [-0.1, -0.05) is 42.5 Å². The fraction of sp³-hybridized carbons (Fsp3) is 0.120. The second-order valence-corrected chi connectivity index (χ2v) is 7.05. The maximum absolute atomic E-state index is 14.1. The van der Waals surface area contributed by atoms with E-state index in [1.165, 1.54) is 12.1 Å². The number of pyridine rings is 1. The second kappa shape index (κ2) is 9.26. The number of carboxylic acid groups (broad SMARTS) is 1. The first kappa shape index (κ1) is 20.3. The van der Waals surface area contributed by atoms with Crippen molar-refractivity contribution in [1.82, 2.24) is 4.98 Å². The van der Waals surface area contributed by atoms with Gasteiger partial charge in [0.2, 0.25) is 0 Å². The van der Waals surface area contributed by atoms with Crippen molar-refractivity contribution in [1.29, 1.82) is 0 Å². The van der Waals surface area contributed by atoms with Crippen molar-refractivity contribution in [2.45, 2.75) is 19.6 Å². The molecule has 0 atom stereocenters. The molecule has 0 saturated heterocycles. The first-order valence-corrected chi connectivity index (χ1v) is 9.76. The number of benzene rings is 3. The Hall–Kier alpha value is -3.93. The van der Waals surface area contributed by atoms with Gasteiger partial charge in [-0.15, -0.1) is 0 Å². The molecular weight excluding hydrogens is 397 g/mol. The van der Waals surface area contributed by atoms with E-state index < -0.39 is 11.8 Å². The highest BCUT2D eigenvalue weighted by atomic mass is 19.1. The molecule has 156 valence electrons. The Morgan fingerprint density at radius 2 is 1.65 bits per heavy atom. The fourth-order valence-electron chi connectivity index (χ4n) is 3.13. The Balaban J connectivity index is 1.32. The van der Waals surface area contributed by atoms with E-state index >= 15 is 0 Å². The van der Waals surface area contributed by atoms with Crippen LogP contribution in [0.1, 0.15) is 16.8 Å². The molecule has 0 bridgehead atoms. The Bertz CT molecular complexity index is 1210. The van der Waals surface area contributed by atoms with Gasteiger partial charge in [0.1, 0.15) is 19.0 Å². The molecule has 0 saturated carbocycles. The maximum atomic E-state index is 14.1. The van der Waals surface area contributed by atoms with Crippen LogP contribution in [-0.2, 0) is 24.4 Å². The minimum atomic E-state index is -1.01. The predicted molar refractivity (Wildman–Crippen MR) is 115 cm³/mol. The summed E-state index contributed by atoms with van der Waals surface area (Å²) >= 11 is 0. The monoisotopic (exact) mass is 417 g/mol. The van der Waals surface area contributed by atoms with Gasteiger partial charge in [-0.2, -0.15) is 0 Å². The Morgan fingerprint density at radius 1 is 0.871 bits per heavy atom. The summed E-state index contributed by atoms with van der Waals surface area (Å²) in [5.41, 5.74) is 3.01. The lowest BCUT2D eigenvalue weighted by atomic mass is 10.1. The maximum Gasteiger partial charge on any atom is 0.307 e. The molecule has 3 aromatic carbocycles. The van der Waals surface area contributed by atoms with E-state index in [0.29, 0.717) is 17.9 Å². The number of nitrogens with zero attached hydrogens (tertiary/aromatic N) is 1. The van der Waals surface area contributed by atoms with Gasteiger partial charge >= 0.3 is 5.97 Å². The van der Waals surface area contributed by atoms with Crippen LogP contribution in [0.4, 0.5) is 4.39 Å². The number of aliphatic carboxylic acids is 1. The van der Waals surface area contributed by atoms with Crippen LogP contribution in [0.3, 0.4) is 0 Å². The first-order valence-electron chi connectivity index (χ1n) is 9.76. The lowest BCUT2D eigenvalue weighted by Gasteiger charge is -2.10. The van der Waals surface area contributed by atoms with Crippen LogP contribution in [0.25, 0.3) is 10.9 Å². The van der Waals surface area contributed by atoms with Crippen molar-refractivity contribution in [3.05, 3.63) is 102 Å². The van der Waals surface area contributed by atoms with Gasteiger partial charge in [0.25, 0.3) is 0 Å². The molecule has 1 heterocycles. The van der Waals surface area contributed by atoms with Crippen LogP contribution < -0.4 is 9.47 Å². The number of para-hydroxylation sites is 1. The third-order valence-corrected chi connectivity index (χ3v) is 4.71. The molecule has 0 radical (unpaired) electrons. The quantitative estimate of drug-likeness (QED) is 0.429. The molecule has 0 aliphatic rings. The number of hydrogen-bond donors (Lipinski definition) is 1. The highest BCUT2D eigenvalue weighted by Gasteiger charge is 2.08. The summed E-state index contributed by atoms with van der Waals surface area (Å²) in [7, 11) is 0. The van der Waals surface area contributed by atoms with Gasteiger partial charge < -0.3 is 14.6 Å². The molecule has 1 N–H and O–H groups in total. The average molecular weight is 417 g/mol. The normalized spacial score (nSPS) is 10.7. The topological polar surface area (TPSA) is 68.7 Å². The number of aromatic nitrogens is 1. The zero-order valence-electron chi connectivity index (χ0n) is 16.6. The summed E-state index contributed by atoms with van der Waals surface area (Å²) in [6.45, 7) is 0.538. The van der Waals surface area contributed by atoms with Gasteiger partial charge in [-0.05, 0) is 47.5 Å². The first-order chi connectivity index (χ1) is 15.1. The standard InChI is InChI=1S/C25H20FNO4/c26-22-13-18(14-25(28)29)7-12-24(22)31-15-17-5-10-21(11-6-17)30-16-20-9-8-19-3-1-2-4-23(19)27-20/h1-13H,14-16H2,(H,28,29). The summed E-state index contributed by atoms with van der Waals surface area (Å²) in [5.74, 6) is -0.812. The average Bonchev–Trinajstić information content (AvgIpc) is 2.77. The van der Waals surface area contributed by atoms with Crippen LogP contribution in [0, 0.1) is 5.82 Å². The number of fused-ring (bicyclic) bond motifs is 1. The van der Waals surface area contributed by atoms with Crippen molar-refractivity contribution < 1.29 is 23.8 Å². The van der Waals surface area contributed by atoms with Crippen LogP contribution in [-0.4, -0.2) is 16.1 Å². The third-order valence-electron chi connectivity index (χ3n) is 4.71. The molecule has 0 amide bonds. The minimum Gasteiger partial charge on any atom is -0.487 e. The van der Waals surface area contributed by atoms with Gasteiger partial charge in [0.15, 0.2) is 11.6 Å². The SMILES string of the molecule is O=C(O)Cc1ccc(OCc2ccc(OCc3ccc4ccccc4n3)cc2)c(F)c1. The molecule has 0 unspecified atom stereocenters. The zero-order chi connectivity index (χ0) is 21.6. The molecule has 1 aromatic heterocycles. The molecule has 0 aliphatic carbocycles. The molecule has 4 aromatic rings. The lowest BCUT2D eigenvalue weighted by Crippen LogP contribution is -2.02. The van der Waals surface area contributed by atoms with Crippen molar-refractivity contribution >= 4 is 16.9 Å². The van der Waals surface area contributed by atoms with E-state index in [0.717, 1.165) is 22.2 Å². The van der Waals surface area contributed by atoms with Crippen LogP contribution in [0.5, 0.6) is 11.5 Å². The number of carbonyl (C=O) groups is 1. The molecule has 4 rings (SSSR count). The summed E-state index contributed by atoms with van der Waals surface area (Å²) in [5, 5.41) is 9.87. The minimum absolute atomic E-state index is 0.0804. The number of halogens is 1. The van der Waals surface area contributed by atoms with Crippen molar-refractivity contribution in [3.8, 4) is 11.5 Å².